The SMILES string of the molecule is C=C(C)C(=O)OCCOC(=O)CCC(=O)N1CCN(c2ccc(C3(c4ccccc4)C=Cc4c5c(c6cc(NC(C)=O)ccc6c4O3)-c3ccc(OC)cc3C5(C)C)cc2)CC1. The van der Waals surface area contributed by atoms with Crippen LogP contribution in [0.1, 0.15) is 68.4 Å². The van der Waals surface area contributed by atoms with E-state index >= 15 is 0 Å². The fourth-order valence-corrected chi connectivity index (χ4v) is 9.02. The van der Waals surface area contributed by atoms with Gasteiger partial charge in [0.25, 0.3) is 0 Å². The number of carbonyl (C=O) groups is 4. The fourth-order valence-electron chi connectivity index (χ4n) is 9.02. The molecule has 0 spiro atoms. The molecule has 11 nitrogen and oxygen atoms in total. The topological polar surface area (TPSA) is 124 Å². The van der Waals surface area contributed by atoms with E-state index in [1.54, 1.807) is 18.9 Å². The first-order chi connectivity index (χ1) is 29.8. The second kappa shape index (κ2) is 16.9. The quantitative estimate of drug-likeness (QED) is 0.0749. The van der Waals surface area contributed by atoms with Crippen LogP contribution in [0.2, 0.25) is 0 Å². The Balaban J connectivity index is 1.05. The molecule has 2 amide bonds. The zero-order valence-corrected chi connectivity index (χ0v) is 35.8. The van der Waals surface area contributed by atoms with Crippen molar-refractivity contribution in [2.24, 2.45) is 0 Å². The summed E-state index contributed by atoms with van der Waals surface area (Å²) in [4.78, 5) is 53.0. The maximum Gasteiger partial charge on any atom is 0.333 e. The maximum absolute atomic E-state index is 13.0. The summed E-state index contributed by atoms with van der Waals surface area (Å²) in [6, 6.07) is 31.0. The highest BCUT2D eigenvalue weighted by molar-refractivity contribution is 6.10. The molecular formula is C51H51N3O8. The summed E-state index contributed by atoms with van der Waals surface area (Å²) in [5, 5.41) is 4.93. The number of anilines is 2. The Bertz CT molecular complexity index is 2630. The lowest BCUT2D eigenvalue weighted by molar-refractivity contribution is -0.151. The number of ether oxygens (including phenoxy) is 4. The molecule has 318 valence electrons. The van der Waals surface area contributed by atoms with Crippen LogP contribution in [-0.2, 0) is 39.7 Å². The van der Waals surface area contributed by atoms with Crippen LogP contribution in [0.15, 0.2) is 109 Å². The van der Waals surface area contributed by atoms with Gasteiger partial charge >= 0.3 is 11.9 Å². The van der Waals surface area contributed by atoms with Crippen LogP contribution in [0.25, 0.3) is 28.0 Å². The Hall–Kier alpha value is -6.88. The van der Waals surface area contributed by atoms with E-state index in [0.29, 0.717) is 31.9 Å². The van der Waals surface area contributed by atoms with Crippen molar-refractivity contribution in [2.45, 2.75) is 51.6 Å². The van der Waals surface area contributed by atoms with Gasteiger partial charge in [0.15, 0.2) is 5.60 Å². The van der Waals surface area contributed by atoms with Crippen molar-refractivity contribution >= 4 is 52.0 Å². The van der Waals surface area contributed by atoms with Gasteiger partial charge in [-0.15, -0.1) is 0 Å². The van der Waals surface area contributed by atoms with E-state index in [1.165, 1.54) is 6.92 Å². The van der Waals surface area contributed by atoms with E-state index in [9.17, 15) is 19.2 Å². The Morgan fingerprint density at radius 2 is 1.52 bits per heavy atom. The smallest absolute Gasteiger partial charge is 0.333 e. The molecule has 2 aliphatic heterocycles. The van der Waals surface area contributed by atoms with E-state index in [1.807, 2.05) is 30.3 Å². The van der Waals surface area contributed by atoms with E-state index in [0.717, 1.165) is 66.9 Å². The Labute approximate surface area is 361 Å². The van der Waals surface area contributed by atoms with Gasteiger partial charge in [0, 0.05) is 84.0 Å². The number of hydrogen-bond donors (Lipinski definition) is 1. The Kier molecular flexibility index (Phi) is 11.4. The molecule has 1 aliphatic carbocycles. The lowest BCUT2D eigenvalue weighted by atomic mass is 9.76. The molecule has 1 saturated heterocycles. The predicted octanol–water partition coefficient (Wildman–Crippen LogP) is 8.55. The molecule has 0 radical (unpaired) electrons. The second-order valence-electron chi connectivity index (χ2n) is 16.6. The molecule has 62 heavy (non-hydrogen) atoms. The molecule has 1 N–H and O–H groups in total. The number of benzene rings is 5. The molecular weight excluding hydrogens is 783 g/mol. The number of amides is 2. The second-order valence-corrected chi connectivity index (χ2v) is 16.6. The normalized spacial score (nSPS) is 17.0. The number of esters is 2. The number of nitrogens with zero attached hydrogens (tertiary/aromatic N) is 2. The largest absolute Gasteiger partial charge is 0.497 e. The van der Waals surface area contributed by atoms with Gasteiger partial charge in [0.1, 0.15) is 24.7 Å². The summed E-state index contributed by atoms with van der Waals surface area (Å²) in [5.74, 6) is 0.270. The molecule has 3 aliphatic rings. The highest BCUT2D eigenvalue weighted by Gasteiger charge is 2.44. The molecule has 2 heterocycles. The highest BCUT2D eigenvalue weighted by Crippen LogP contribution is 2.58. The molecule has 0 aromatic heterocycles. The summed E-state index contributed by atoms with van der Waals surface area (Å²) >= 11 is 0. The zero-order valence-electron chi connectivity index (χ0n) is 35.8. The number of piperazine rings is 1. The molecule has 0 saturated carbocycles. The number of nitrogens with one attached hydrogen (secondary N) is 1. The third-order valence-electron chi connectivity index (χ3n) is 12.1. The van der Waals surface area contributed by atoms with Gasteiger partial charge in [0.2, 0.25) is 11.8 Å². The van der Waals surface area contributed by atoms with Crippen LogP contribution in [0.4, 0.5) is 11.4 Å². The van der Waals surface area contributed by atoms with Crippen molar-refractivity contribution in [1.29, 1.82) is 0 Å². The van der Waals surface area contributed by atoms with Crippen LogP contribution < -0.4 is 19.7 Å². The van der Waals surface area contributed by atoms with Gasteiger partial charge in [0.05, 0.1) is 13.5 Å². The monoisotopic (exact) mass is 833 g/mol. The minimum absolute atomic E-state index is 0.0455. The molecule has 0 bridgehead atoms. The van der Waals surface area contributed by atoms with Crippen molar-refractivity contribution in [3.63, 3.8) is 0 Å². The van der Waals surface area contributed by atoms with Crippen molar-refractivity contribution in [3.8, 4) is 22.6 Å². The third-order valence-corrected chi connectivity index (χ3v) is 12.1. The lowest BCUT2D eigenvalue weighted by Gasteiger charge is -2.39. The van der Waals surface area contributed by atoms with Crippen molar-refractivity contribution in [1.82, 2.24) is 4.90 Å². The standard InChI is InChI=1S/C51H51N3O8/c1-32(2)49(58)61-29-28-60-45(57)21-20-44(56)54-26-24-53(25-27-54)37-15-12-35(13-16-37)51(34-10-8-7-9-11-34)23-22-41-47-46(40-19-17-38(59-6)31-43(40)50(47,4)5)42-30-36(52-33(3)55)14-18-39(42)48(41)62-51/h7-19,22-23,30-31H,1,20-21,24-29H2,2-6H3,(H,52,55). The van der Waals surface area contributed by atoms with Crippen LogP contribution in [0.3, 0.4) is 0 Å². The Morgan fingerprint density at radius 3 is 2.21 bits per heavy atom. The van der Waals surface area contributed by atoms with E-state index in [2.05, 4.69) is 103 Å². The van der Waals surface area contributed by atoms with E-state index in [-0.39, 0.29) is 43.4 Å². The molecule has 5 aromatic rings. The average molecular weight is 834 g/mol. The van der Waals surface area contributed by atoms with Crippen molar-refractivity contribution in [2.75, 3.05) is 56.7 Å². The molecule has 5 aromatic carbocycles. The van der Waals surface area contributed by atoms with Gasteiger partial charge in [-0.1, -0.05) is 75.0 Å². The molecule has 1 fully saturated rings. The van der Waals surface area contributed by atoms with Gasteiger partial charge in [-0.05, 0) is 83.1 Å². The van der Waals surface area contributed by atoms with Crippen molar-refractivity contribution < 1.29 is 38.1 Å². The number of hydrogen-bond acceptors (Lipinski definition) is 9. The predicted molar refractivity (Wildman–Crippen MR) is 240 cm³/mol. The van der Waals surface area contributed by atoms with Crippen molar-refractivity contribution in [3.05, 3.63) is 137 Å². The summed E-state index contributed by atoms with van der Waals surface area (Å²) in [6.07, 6.45) is 4.40. The number of rotatable bonds is 12. The number of carbonyl (C=O) groups excluding carboxylic acids is 4. The van der Waals surface area contributed by atoms with Crippen LogP contribution in [-0.4, -0.2) is 75.2 Å². The van der Waals surface area contributed by atoms with E-state index in [4.69, 9.17) is 18.9 Å². The lowest BCUT2D eigenvalue weighted by Crippen LogP contribution is -2.48. The molecule has 8 rings (SSSR count). The minimum atomic E-state index is -0.968. The summed E-state index contributed by atoms with van der Waals surface area (Å²) < 4.78 is 23.2. The molecule has 11 heteroatoms. The fraction of sp³-hybridized carbons (Fsp3) is 0.294. The van der Waals surface area contributed by atoms with Gasteiger partial charge in [-0.25, -0.2) is 4.79 Å². The molecule has 1 atom stereocenters. The first-order valence-electron chi connectivity index (χ1n) is 21.0. The van der Waals surface area contributed by atoms with E-state index < -0.39 is 23.0 Å². The summed E-state index contributed by atoms with van der Waals surface area (Å²) in [5.41, 5.74) is 8.19. The molecule has 1 unspecified atom stereocenters. The minimum Gasteiger partial charge on any atom is -0.497 e. The number of fused-ring (bicyclic) bond motifs is 8. The third kappa shape index (κ3) is 7.79. The Morgan fingerprint density at radius 1 is 0.806 bits per heavy atom. The summed E-state index contributed by atoms with van der Waals surface area (Å²) in [6.45, 7) is 13.3. The van der Waals surface area contributed by atoms with Gasteiger partial charge in [-0.2, -0.15) is 0 Å². The highest BCUT2D eigenvalue weighted by atomic mass is 16.6. The summed E-state index contributed by atoms with van der Waals surface area (Å²) in [7, 11) is 1.69. The maximum atomic E-state index is 13.0. The zero-order chi connectivity index (χ0) is 43.8. The average Bonchev–Trinajstić information content (AvgIpc) is 3.52. The van der Waals surface area contributed by atoms with Gasteiger partial charge < -0.3 is 34.1 Å². The number of methoxy groups -OCH3 is 1. The van der Waals surface area contributed by atoms with Gasteiger partial charge in [-0.3, -0.25) is 14.4 Å². The van der Waals surface area contributed by atoms with Crippen LogP contribution >= 0.6 is 0 Å². The first-order valence-corrected chi connectivity index (χ1v) is 21.0. The van der Waals surface area contributed by atoms with Crippen LogP contribution in [0, 0.1) is 0 Å². The van der Waals surface area contributed by atoms with Crippen LogP contribution in [0.5, 0.6) is 11.5 Å². The first kappa shape index (κ1) is 41.8.